The molecule has 1 fully saturated rings. The number of carbonyl (C=O) groups is 1. The number of phenolic OH excluding ortho intramolecular Hbond substituents is 1. The first kappa shape index (κ1) is 24.5. The molecule has 1 aliphatic heterocycles. The lowest BCUT2D eigenvalue weighted by atomic mass is 9.98. The number of amides is 1. The largest absolute Gasteiger partial charge is 0.507 e. The van der Waals surface area contributed by atoms with Crippen LogP contribution in [0.4, 0.5) is 5.69 Å². The van der Waals surface area contributed by atoms with Crippen molar-refractivity contribution in [3.63, 3.8) is 0 Å². The summed E-state index contributed by atoms with van der Waals surface area (Å²) in [5, 5.41) is 22.3. The molecule has 0 aliphatic carbocycles. The fourth-order valence-electron chi connectivity index (χ4n) is 4.20. The average molecular weight is 480 g/mol. The van der Waals surface area contributed by atoms with Crippen LogP contribution in [0.2, 0.25) is 0 Å². The number of morpholine rings is 1. The van der Waals surface area contributed by atoms with E-state index in [4.69, 9.17) is 9.47 Å². The number of ether oxygens (including phenoxy) is 2. The van der Waals surface area contributed by atoms with Gasteiger partial charge in [-0.25, -0.2) is 0 Å². The monoisotopic (exact) mass is 479 g/mol. The van der Waals surface area contributed by atoms with Gasteiger partial charge < -0.3 is 24.8 Å². The molecule has 0 saturated carbocycles. The Morgan fingerprint density at radius 1 is 1.06 bits per heavy atom. The van der Waals surface area contributed by atoms with Crippen LogP contribution in [0.25, 0.3) is 17.1 Å². The molecule has 9 heteroatoms. The van der Waals surface area contributed by atoms with E-state index in [0.717, 1.165) is 30.0 Å². The van der Waals surface area contributed by atoms with Crippen LogP contribution in [-0.4, -0.2) is 65.2 Å². The average Bonchev–Trinajstić information content (AvgIpc) is 3.29. The van der Waals surface area contributed by atoms with Crippen LogP contribution in [0.3, 0.4) is 0 Å². The number of rotatable bonds is 7. The summed E-state index contributed by atoms with van der Waals surface area (Å²) in [5.74, 6) is 0.931. The first-order valence-electron chi connectivity index (χ1n) is 11.9. The lowest BCUT2D eigenvalue weighted by Crippen LogP contribution is -2.36. The highest BCUT2D eigenvalue weighted by Gasteiger charge is 2.25. The third-order valence-corrected chi connectivity index (χ3v) is 5.98. The highest BCUT2D eigenvalue weighted by molar-refractivity contribution is 5.92. The zero-order valence-electron chi connectivity index (χ0n) is 20.9. The van der Waals surface area contributed by atoms with Crippen LogP contribution in [0, 0.1) is 0 Å². The minimum Gasteiger partial charge on any atom is -0.507 e. The van der Waals surface area contributed by atoms with E-state index in [1.54, 1.807) is 17.7 Å². The Balaban J connectivity index is 1.83. The van der Waals surface area contributed by atoms with Gasteiger partial charge >= 0.3 is 0 Å². The fourth-order valence-corrected chi connectivity index (χ4v) is 4.20. The van der Waals surface area contributed by atoms with Crippen LogP contribution in [0.5, 0.6) is 11.5 Å². The van der Waals surface area contributed by atoms with E-state index in [-0.39, 0.29) is 29.4 Å². The van der Waals surface area contributed by atoms with Crippen molar-refractivity contribution in [2.24, 2.45) is 0 Å². The number of carbonyl (C=O) groups excluding carboxylic acids is 1. The predicted octanol–water partition coefficient (Wildman–Crippen LogP) is 3.75. The first-order chi connectivity index (χ1) is 16.8. The molecule has 4 rings (SSSR count). The topological polar surface area (TPSA) is 102 Å². The molecule has 0 spiro atoms. The maximum Gasteiger partial charge on any atom is 0.289 e. The Morgan fingerprint density at radius 3 is 2.31 bits per heavy atom. The van der Waals surface area contributed by atoms with Crippen LogP contribution in [0.1, 0.15) is 49.8 Å². The molecule has 1 saturated heterocycles. The second kappa shape index (κ2) is 10.4. The summed E-state index contributed by atoms with van der Waals surface area (Å²) >= 11 is 0. The van der Waals surface area contributed by atoms with E-state index in [1.807, 2.05) is 44.2 Å². The summed E-state index contributed by atoms with van der Waals surface area (Å²) in [6.07, 6.45) is 0. The standard InChI is InChI=1S/C26H33N5O4/c1-16(2)20-14-21(22(32)15-23(20)34-5)24-28-29-25(26(33)27-17(3)4)31(24)19-8-6-18(7-9-19)30-10-12-35-13-11-30/h6-9,14-17,32H,10-13H2,1-5H3,(H,27,33). The van der Waals surface area contributed by atoms with Crippen molar-refractivity contribution in [1.82, 2.24) is 20.1 Å². The van der Waals surface area contributed by atoms with Gasteiger partial charge in [0.25, 0.3) is 5.91 Å². The summed E-state index contributed by atoms with van der Waals surface area (Å²) in [6, 6.07) is 11.3. The van der Waals surface area contributed by atoms with Crippen molar-refractivity contribution in [1.29, 1.82) is 0 Å². The van der Waals surface area contributed by atoms with Gasteiger partial charge in [0.05, 0.1) is 25.9 Å². The molecule has 186 valence electrons. The summed E-state index contributed by atoms with van der Waals surface area (Å²) < 4.78 is 12.6. The minimum atomic E-state index is -0.340. The number of hydrogen-bond acceptors (Lipinski definition) is 7. The van der Waals surface area contributed by atoms with Crippen LogP contribution in [0.15, 0.2) is 36.4 Å². The van der Waals surface area contributed by atoms with Gasteiger partial charge in [-0.2, -0.15) is 0 Å². The smallest absolute Gasteiger partial charge is 0.289 e. The summed E-state index contributed by atoms with van der Waals surface area (Å²) in [7, 11) is 1.58. The van der Waals surface area contributed by atoms with Crippen molar-refractivity contribution in [2.45, 2.75) is 39.7 Å². The molecule has 9 nitrogen and oxygen atoms in total. The van der Waals surface area contributed by atoms with Gasteiger partial charge in [0.2, 0.25) is 5.82 Å². The number of methoxy groups -OCH3 is 1. The van der Waals surface area contributed by atoms with Gasteiger partial charge in [0.15, 0.2) is 5.82 Å². The van der Waals surface area contributed by atoms with Crippen LogP contribution >= 0.6 is 0 Å². The van der Waals surface area contributed by atoms with Gasteiger partial charge in [0.1, 0.15) is 11.5 Å². The number of nitrogens with one attached hydrogen (secondary N) is 1. The van der Waals surface area contributed by atoms with E-state index < -0.39 is 0 Å². The van der Waals surface area contributed by atoms with Gasteiger partial charge in [0, 0.05) is 36.6 Å². The zero-order chi connectivity index (χ0) is 25.1. The van der Waals surface area contributed by atoms with Crippen LogP contribution < -0.4 is 15.0 Å². The van der Waals surface area contributed by atoms with E-state index in [9.17, 15) is 9.90 Å². The molecule has 1 aromatic heterocycles. The highest BCUT2D eigenvalue weighted by Crippen LogP contribution is 2.38. The molecule has 35 heavy (non-hydrogen) atoms. The normalized spacial score (nSPS) is 14.0. The predicted molar refractivity (Wildman–Crippen MR) is 135 cm³/mol. The molecular formula is C26H33N5O4. The summed E-state index contributed by atoms with van der Waals surface area (Å²) in [6.45, 7) is 10.9. The molecular weight excluding hydrogens is 446 g/mol. The number of anilines is 1. The Kier molecular flexibility index (Phi) is 7.25. The molecule has 3 aromatic rings. The highest BCUT2D eigenvalue weighted by atomic mass is 16.5. The minimum absolute atomic E-state index is 0.000606. The molecule has 2 heterocycles. The van der Waals surface area contributed by atoms with Gasteiger partial charge in [-0.05, 0) is 55.7 Å². The van der Waals surface area contributed by atoms with Crippen molar-refractivity contribution in [2.75, 3.05) is 38.3 Å². The SMILES string of the molecule is COc1cc(O)c(-c2nnc(C(=O)NC(C)C)n2-c2ccc(N3CCOCC3)cc2)cc1C(C)C. The van der Waals surface area contributed by atoms with E-state index in [2.05, 4.69) is 34.3 Å². The molecule has 1 amide bonds. The number of nitrogens with zero attached hydrogens (tertiary/aromatic N) is 4. The third kappa shape index (κ3) is 5.09. The van der Waals surface area contributed by atoms with E-state index in [0.29, 0.717) is 30.4 Å². The number of aromatic hydroxyl groups is 1. The van der Waals surface area contributed by atoms with Gasteiger partial charge in [-0.15, -0.1) is 10.2 Å². The van der Waals surface area contributed by atoms with Crippen molar-refractivity contribution < 1.29 is 19.4 Å². The molecule has 0 unspecified atom stereocenters. The fraction of sp³-hybridized carbons (Fsp3) is 0.423. The second-order valence-electron chi connectivity index (χ2n) is 9.19. The van der Waals surface area contributed by atoms with Crippen LogP contribution in [-0.2, 0) is 4.74 Å². The second-order valence-corrected chi connectivity index (χ2v) is 9.19. The Bertz CT molecular complexity index is 1180. The molecule has 0 bridgehead atoms. The maximum absolute atomic E-state index is 13.0. The Labute approximate surface area is 205 Å². The Hall–Kier alpha value is -3.59. The van der Waals surface area contributed by atoms with Gasteiger partial charge in [-0.3, -0.25) is 9.36 Å². The third-order valence-electron chi connectivity index (χ3n) is 5.98. The summed E-state index contributed by atoms with van der Waals surface area (Å²) in [5.41, 5.74) is 3.19. The van der Waals surface area contributed by atoms with Crippen molar-refractivity contribution in [3.8, 4) is 28.6 Å². The van der Waals surface area contributed by atoms with Crippen molar-refractivity contribution in [3.05, 3.63) is 47.8 Å². The number of benzene rings is 2. The number of phenols is 1. The lowest BCUT2D eigenvalue weighted by molar-refractivity contribution is 0.0930. The molecule has 0 radical (unpaired) electrons. The maximum atomic E-state index is 13.0. The van der Waals surface area contributed by atoms with E-state index >= 15 is 0 Å². The number of aromatic nitrogens is 3. The zero-order valence-corrected chi connectivity index (χ0v) is 20.9. The van der Waals surface area contributed by atoms with Gasteiger partial charge in [-0.1, -0.05) is 13.8 Å². The molecule has 0 atom stereocenters. The first-order valence-corrected chi connectivity index (χ1v) is 11.9. The number of hydrogen-bond donors (Lipinski definition) is 2. The quantitative estimate of drug-likeness (QED) is 0.532. The molecule has 2 aromatic carbocycles. The molecule has 2 N–H and O–H groups in total. The Morgan fingerprint density at radius 2 is 1.71 bits per heavy atom. The van der Waals surface area contributed by atoms with Crippen molar-refractivity contribution >= 4 is 11.6 Å². The summed E-state index contributed by atoms with van der Waals surface area (Å²) in [4.78, 5) is 15.3. The van der Waals surface area contributed by atoms with E-state index in [1.165, 1.54) is 0 Å². The lowest BCUT2D eigenvalue weighted by Gasteiger charge is -2.29. The molecule has 1 aliphatic rings.